The quantitative estimate of drug-likeness (QED) is 0.887. The van der Waals surface area contributed by atoms with E-state index in [1.807, 2.05) is 12.3 Å². The highest BCUT2D eigenvalue weighted by Gasteiger charge is 2.01. The fourth-order valence-corrected chi connectivity index (χ4v) is 2.33. The van der Waals surface area contributed by atoms with Crippen molar-refractivity contribution in [1.82, 2.24) is 10.3 Å². The number of benzene rings is 1. The number of pyridine rings is 1. The van der Waals surface area contributed by atoms with Crippen LogP contribution in [0, 0.1) is 0 Å². The number of nitrogens with one attached hydrogen (secondary N) is 1. The zero-order chi connectivity index (χ0) is 13.5. The lowest BCUT2D eigenvalue weighted by Gasteiger charge is -2.10. The molecule has 3 nitrogen and oxygen atoms in total. The van der Waals surface area contributed by atoms with Crippen LogP contribution in [0.25, 0.3) is 0 Å². The maximum absolute atomic E-state index is 5.20. The molecule has 0 saturated carbocycles. The monoisotopic (exact) mass is 320 g/mol. The molecule has 0 spiro atoms. The lowest BCUT2D eigenvalue weighted by molar-refractivity contribution is 0.184. The average Bonchev–Trinajstić information content (AvgIpc) is 2.41. The number of hydrogen-bond donors (Lipinski definition) is 1. The van der Waals surface area contributed by atoms with Gasteiger partial charge in [-0.15, -0.1) is 0 Å². The summed E-state index contributed by atoms with van der Waals surface area (Å²) in [4.78, 5) is 4.15. The van der Waals surface area contributed by atoms with Crippen molar-refractivity contribution in [2.45, 2.75) is 19.7 Å². The van der Waals surface area contributed by atoms with Gasteiger partial charge in [0.15, 0.2) is 0 Å². The summed E-state index contributed by atoms with van der Waals surface area (Å²) < 4.78 is 6.21. The van der Waals surface area contributed by atoms with Crippen molar-refractivity contribution < 1.29 is 4.74 Å². The van der Waals surface area contributed by atoms with E-state index in [0.717, 1.165) is 17.6 Å². The lowest BCUT2D eigenvalue weighted by atomic mass is 10.1. The molecular formula is C15H17BrN2O. The predicted octanol–water partition coefficient (Wildman–Crippen LogP) is 3.28. The third-order valence-electron chi connectivity index (χ3n) is 2.82. The molecule has 1 aromatic heterocycles. The first kappa shape index (κ1) is 14.2. The van der Waals surface area contributed by atoms with Gasteiger partial charge in [0.25, 0.3) is 0 Å². The summed E-state index contributed by atoms with van der Waals surface area (Å²) in [5.41, 5.74) is 3.66. The largest absolute Gasteiger partial charge is 0.380 e. The van der Waals surface area contributed by atoms with Crippen LogP contribution in [0.4, 0.5) is 0 Å². The second-order valence-corrected chi connectivity index (χ2v) is 5.23. The average molecular weight is 321 g/mol. The maximum Gasteiger partial charge on any atom is 0.0716 e. The standard InChI is InChI=1S/C15H17BrN2O/c1-19-11-14-5-3-2-4-13(14)9-17-7-12-6-15(16)10-18-8-12/h2-6,8,10,17H,7,9,11H2,1H3. The van der Waals surface area contributed by atoms with Crippen molar-refractivity contribution in [3.63, 3.8) is 0 Å². The van der Waals surface area contributed by atoms with Gasteiger partial charge >= 0.3 is 0 Å². The highest BCUT2D eigenvalue weighted by molar-refractivity contribution is 9.10. The van der Waals surface area contributed by atoms with Gasteiger partial charge in [0.05, 0.1) is 6.61 Å². The van der Waals surface area contributed by atoms with E-state index in [9.17, 15) is 0 Å². The van der Waals surface area contributed by atoms with E-state index in [2.05, 4.69) is 50.5 Å². The van der Waals surface area contributed by atoms with E-state index < -0.39 is 0 Å². The molecule has 0 radical (unpaired) electrons. The molecule has 0 fully saturated rings. The molecule has 1 heterocycles. The molecule has 2 aromatic rings. The summed E-state index contributed by atoms with van der Waals surface area (Å²) in [7, 11) is 1.72. The molecule has 0 atom stereocenters. The Labute approximate surface area is 122 Å². The van der Waals surface area contributed by atoms with Crippen LogP contribution in [0.5, 0.6) is 0 Å². The number of ether oxygens (including phenoxy) is 1. The summed E-state index contributed by atoms with van der Waals surface area (Å²) in [5, 5.41) is 3.43. The fourth-order valence-electron chi connectivity index (χ4n) is 1.92. The summed E-state index contributed by atoms with van der Waals surface area (Å²) in [6.07, 6.45) is 3.66. The van der Waals surface area contributed by atoms with Crippen molar-refractivity contribution in [3.8, 4) is 0 Å². The number of halogens is 1. The Morgan fingerprint density at radius 3 is 2.68 bits per heavy atom. The second kappa shape index (κ2) is 7.38. The first-order valence-electron chi connectivity index (χ1n) is 6.15. The Morgan fingerprint density at radius 1 is 1.16 bits per heavy atom. The molecule has 0 aliphatic rings. The highest BCUT2D eigenvalue weighted by atomic mass is 79.9. The Kier molecular flexibility index (Phi) is 5.51. The molecule has 100 valence electrons. The van der Waals surface area contributed by atoms with Gasteiger partial charge in [-0.3, -0.25) is 4.98 Å². The SMILES string of the molecule is COCc1ccccc1CNCc1cncc(Br)c1. The zero-order valence-corrected chi connectivity index (χ0v) is 12.5. The Balaban J connectivity index is 1.92. The van der Waals surface area contributed by atoms with Crippen molar-refractivity contribution in [3.05, 3.63) is 63.9 Å². The van der Waals surface area contributed by atoms with Crippen LogP contribution in [0.2, 0.25) is 0 Å². The molecule has 19 heavy (non-hydrogen) atoms. The number of nitrogens with zero attached hydrogens (tertiary/aromatic N) is 1. The summed E-state index contributed by atoms with van der Waals surface area (Å²) >= 11 is 3.42. The Hall–Kier alpha value is -1.23. The minimum Gasteiger partial charge on any atom is -0.380 e. The third-order valence-corrected chi connectivity index (χ3v) is 3.26. The highest BCUT2D eigenvalue weighted by Crippen LogP contribution is 2.11. The van der Waals surface area contributed by atoms with Crippen LogP contribution in [0.15, 0.2) is 47.2 Å². The molecule has 4 heteroatoms. The Bertz CT molecular complexity index is 531. The van der Waals surface area contributed by atoms with Gasteiger partial charge in [-0.05, 0) is 38.7 Å². The predicted molar refractivity (Wildman–Crippen MR) is 79.6 cm³/mol. The van der Waals surface area contributed by atoms with Crippen molar-refractivity contribution in [1.29, 1.82) is 0 Å². The molecule has 1 N–H and O–H groups in total. The van der Waals surface area contributed by atoms with Gasteiger partial charge in [-0.25, -0.2) is 0 Å². The van der Waals surface area contributed by atoms with Gasteiger partial charge in [0.2, 0.25) is 0 Å². The van der Waals surface area contributed by atoms with E-state index in [4.69, 9.17) is 4.74 Å². The molecule has 0 unspecified atom stereocenters. The number of methoxy groups -OCH3 is 1. The summed E-state index contributed by atoms with van der Waals surface area (Å²) in [5.74, 6) is 0. The number of hydrogen-bond acceptors (Lipinski definition) is 3. The fraction of sp³-hybridized carbons (Fsp3) is 0.267. The molecule has 0 bridgehead atoms. The number of rotatable bonds is 6. The van der Waals surface area contributed by atoms with E-state index in [1.165, 1.54) is 16.7 Å². The van der Waals surface area contributed by atoms with Crippen molar-refractivity contribution in [2.75, 3.05) is 7.11 Å². The van der Waals surface area contributed by atoms with Crippen molar-refractivity contribution in [2.24, 2.45) is 0 Å². The summed E-state index contributed by atoms with van der Waals surface area (Å²) in [6.45, 7) is 2.27. The van der Waals surface area contributed by atoms with Crippen LogP contribution in [0.3, 0.4) is 0 Å². The molecule has 0 amide bonds. The smallest absolute Gasteiger partial charge is 0.0716 e. The van der Waals surface area contributed by atoms with Crippen LogP contribution in [0.1, 0.15) is 16.7 Å². The number of aromatic nitrogens is 1. The molecule has 0 aliphatic carbocycles. The first-order valence-corrected chi connectivity index (χ1v) is 6.95. The maximum atomic E-state index is 5.20. The lowest BCUT2D eigenvalue weighted by Crippen LogP contribution is -2.14. The minimum absolute atomic E-state index is 0.649. The van der Waals surface area contributed by atoms with Crippen LogP contribution in [-0.4, -0.2) is 12.1 Å². The van der Waals surface area contributed by atoms with Gasteiger partial charge in [0.1, 0.15) is 0 Å². The van der Waals surface area contributed by atoms with E-state index >= 15 is 0 Å². The zero-order valence-electron chi connectivity index (χ0n) is 10.9. The van der Waals surface area contributed by atoms with Gasteiger partial charge in [-0.2, -0.15) is 0 Å². The van der Waals surface area contributed by atoms with Crippen LogP contribution < -0.4 is 5.32 Å². The van der Waals surface area contributed by atoms with E-state index in [1.54, 1.807) is 13.3 Å². The second-order valence-electron chi connectivity index (χ2n) is 4.32. The van der Waals surface area contributed by atoms with Crippen molar-refractivity contribution >= 4 is 15.9 Å². The molecular weight excluding hydrogens is 304 g/mol. The van der Waals surface area contributed by atoms with Gasteiger partial charge in [-0.1, -0.05) is 24.3 Å². The van der Waals surface area contributed by atoms with E-state index in [-0.39, 0.29) is 0 Å². The van der Waals surface area contributed by atoms with Crippen LogP contribution >= 0.6 is 15.9 Å². The molecule has 2 rings (SSSR count). The Morgan fingerprint density at radius 2 is 1.95 bits per heavy atom. The minimum atomic E-state index is 0.649. The molecule has 0 aliphatic heterocycles. The topological polar surface area (TPSA) is 34.1 Å². The molecule has 1 aromatic carbocycles. The van der Waals surface area contributed by atoms with E-state index in [0.29, 0.717) is 6.61 Å². The van der Waals surface area contributed by atoms with Gasteiger partial charge < -0.3 is 10.1 Å². The normalized spacial score (nSPS) is 10.6. The van der Waals surface area contributed by atoms with Crippen LogP contribution in [-0.2, 0) is 24.4 Å². The van der Waals surface area contributed by atoms with Gasteiger partial charge in [0, 0.05) is 37.1 Å². The third kappa shape index (κ3) is 4.42. The first-order chi connectivity index (χ1) is 9.29. The summed E-state index contributed by atoms with van der Waals surface area (Å²) in [6, 6.07) is 10.4. The molecule has 0 saturated heterocycles.